The smallest absolute Gasteiger partial charge is 0.462 e. The molecule has 0 fully saturated rings. The summed E-state index contributed by atoms with van der Waals surface area (Å²) in [5.74, 6) is 1.08. The lowest BCUT2D eigenvalue weighted by molar-refractivity contribution is -0.161. The molecule has 0 saturated heterocycles. The first-order valence-corrected chi connectivity index (χ1v) is 46.8. The summed E-state index contributed by atoms with van der Waals surface area (Å²) in [5, 5.41) is 10.7. The van der Waals surface area contributed by atoms with Gasteiger partial charge in [-0.3, -0.25) is 37.3 Å². The summed E-state index contributed by atoms with van der Waals surface area (Å²) >= 11 is 0. The summed E-state index contributed by atoms with van der Waals surface area (Å²) in [6.45, 7) is 14.3. The average molecular weight is 1520 g/mol. The number of phosphoric ester groups is 2. The van der Waals surface area contributed by atoms with Crippen LogP contribution in [0.1, 0.15) is 441 Å². The third kappa shape index (κ3) is 75.5. The van der Waals surface area contributed by atoms with Crippen molar-refractivity contribution in [2.24, 2.45) is 23.7 Å². The van der Waals surface area contributed by atoms with E-state index in [1.165, 1.54) is 238 Å². The summed E-state index contributed by atoms with van der Waals surface area (Å²) in [6, 6.07) is 0. The van der Waals surface area contributed by atoms with E-state index in [2.05, 4.69) is 55.4 Å². The number of carbonyl (C=O) groups is 4. The maximum absolute atomic E-state index is 13.1. The predicted octanol–water partition coefficient (Wildman–Crippen LogP) is 25.6. The minimum Gasteiger partial charge on any atom is -0.462 e. The number of hydrogen-bond acceptors (Lipinski definition) is 15. The largest absolute Gasteiger partial charge is 0.472 e. The monoisotopic (exact) mass is 1520 g/mol. The van der Waals surface area contributed by atoms with E-state index < -0.39 is 97.5 Å². The molecule has 104 heavy (non-hydrogen) atoms. The van der Waals surface area contributed by atoms with Crippen molar-refractivity contribution in [3.63, 3.8) is 0 Å². The maximum atomic E-state index is 13.1. The molecule has 0 amide bonds. The second-order valence-corrected chi connectivity index (χ2v) is 34.9. The Hall–Kier alpha value is -1.94. The molecule has 19 heteroatoms. The summed E-state index contributed by atoms with van der Waals surface area (Å²) in [6.07, 6.45) is 62.4. The van der Waals surface area contributed by atoms with Crippen molar-refractivity contribution in [2.75, 3.05) is 39.6 Å². The lowest BCUT2D eigenvalue weighted by Crippen LogP contribution is -2.30. The van der Waals surface area contributed by atoms with Gasteiger partial charge in [0.25, 0.3) is 0 Å². The topological polar surface area (TPSA) is 237 Å². The van der Waals surface area contributed by atoms with Gasteiger partial charge in [-0.05, 0) is 49.4 Å². The van der Waals surface area contributed by atoms with Crippen LogP contribution in [0.25, 0.3) is 0 Å². The minimum atomic E-state index is -4.97. The van der Waals surface area contributed by atoms with E-state index in [-0.39, 0.29) is 25.7 Å². The van der Waals surface area contributed by atoms with Crippen molar-refractivity contribution in [3.05, 3.63) is 0 Å². The number of phosphoric acid groups is 2. The van der Waals surface area contributed by atoms with Gasteiger partial charge in [0.15, 0.2) is 12.2 Å². The van der Waals surface area contributed by atoms with E-state index in [9.17, 15) is 43.2 Å². The molecule has 4 unspecified atom stereocenters. The second-order valence-electron chi connectivity index (χ2n) is 32.0. The van der Waals surface area contributed by atoms with Gasteiger partial charge in [-0.1, -0.05) is 389 Å². The van der Waals surface area contributed by atoms with Crippen LogP contribution >= 0.6 is 15.6 Å². The van der Waals surface area contributed by atoms with Crippen LogP contribution in [0.15, 0.2) is 0 Å². The van der Waals surface area contributed by atoms with Gasteiger partial charge in [0.05, 0.1) is 26.4 Å². The molecule has 0 bridgehead atoms. The number of rotatable bonds is 82. The van der Waals surface area contributed by atoms with Gasteiger partial charge < -0.3 is 33.8 Å². The molecule has 17 nitrogen and oxygen atoms in total. The van der Waals surface area contributed by atoms with Gasteiger partial charge in [0.2, 0.25) is 0 Å². The number of hydrogen-bond donors (Lipinski definition) is 3. The SMILES string of the molecule is CCC(C)CCCCCCCCCCCCCCCCC(=O)O[C@H](COC(=O)CCCCCCCCC(C)CC)COP(=O)(O)OC[C@H](O)COP(=O)(O)OC[C@@H](COC(=O)CCCCCCCCCCCCCCCCC(C)C)OC(=O)CCCCCCCCCCCCCCCCCCC(C)C. The van der Waals surface area contributed by atoms with Crippen molar-refractivity contribution < 1.29 is 80.2 Å². The summed E-state index contributed by atoms with van der Waals surface area (Å²) in [4.78, 5) is 73.2. The van der Waals surface area contributed by atoms with E-state index in [0.717, 1.165) is 120 Å². The summed E-state index contributed by atoms with van der Waals surface area (Å²) in [7, 11) is -9.93. The number of aliphatic hydroxyl groups excluding tert-OH is 1. The highest BCUT2D eigenvalue weighted by molar-refractivity contribution is 7.47. The molecule has 618 valence electrons. The number of esters is 4. The summed E-state index contributed by atoms with van der Waals surface area (Å²) < 4.78 is 68.9. The van der Waals surface area contributed by atoms with Gasteiger partial charge in [-0.2, -0.15) is 0 Å². The Bertz CT molecular complexity index is 2030. The molecule has 0 aliphatic rings. The number of carbonyl (C=O) groups excluding carboxylic acids is 4. The van der Waals surface area contributed by atoms with Gasteiger partial charge in [-0.15, -0.1) is 0 Å². The Morgan fingerprint density at radius 2 is 0.462 bits per heavy atom. The first-order valence-electron chi connectivity index (χ1n) is 43.8. The number of ether oxygens (including phenoxy) is 4. The van der Waals surface area contributed by atoms with E-state index >= 15 is 0 Å². The van der Waals surface area contributed by atoms with Crippen molar-refractivity contribution in [2.45, 2.75) is 459 Å². The van der Waals surface area contributed by atoms with Crippen LogP contribution in [-0.2, 0) is 65.4 Å². The normalized spacial score (nSPS) is 14.5. The third-order valence-corrected chi connectivity index (χ3v) is 22.4. The Balaban J connectivity index is 5.25. The van der Waals surface area contributed by atoms with E-state index in [0.29, 0.717) is 25.7 Å². The fourth-order valence-corrected chi connectivity index (χ4v) is 14.7. The maximum Gasteiger partial charge on any atom is 0.472 e. The lowest BCUT2D eigenvalue weighted by atomic mass is 9.99. The van der Waals surface area contributed by atoms with Crippen LogP contribution in [0.2, 0.25) is 0 Å². The molecule has 0 aliphatic carbocycles. The molecule has 0 aliphatic heterocycles. The molecule has 0 aromatic carbocycles. The second kappa shape index (κ2) is 73.8. The molecule has 0 spiro atoms. The molecule has 3 N–H and O–H groups in total. The lowest BCUT2D eigenvalue weighted by Gasteiger charge is -2.21. The van der Waals surface area contributed by atoms with Crippen molar-refractivity contribution in [1.82, 2.24) is 0 Å². The number of unbranched alkanes of at least 4 members (excludes halogenated alkanes) is 46. The zero-order chi connectivity index (χ0) is 76.7. The van der Waals surface area contributed by atoms with Gasteiger partial charge >= 0.3 is 39.5 Å². The molecule has 0 saturated carbocycles. The highest BCUT2D eigenvalue weighted by Crippen LogP contribution is 2.45. The van der Waals surface area contributed by atoms with Crippen molar-refractivity contribution in [1.29, 1.82) is 0 Å². The standard InChI is InChI=1S/C85H166O17P2/c1-9-77(7)63-55-47-39-33-27-21-16-18-24-30-36-42-52-60-68-85(90)102-81(72-96-83(88)66-58-50-44-43-48-56-64-78(8)10-2)74-100-104(93,94)98-70-79(86)69-97-103(91,92)99-73-80(71-95-82(87)65-57-49-40-34-28-22-17-15-20-26-32-38-46-54-62-76(5)6)101-84(89)67-59-51-41-35-29-23-14-12-11-13-19-25-31-37-45-53-61-75(3)4/h75-81,86H,9-74H2,1-8H3,(H,91,92)(H,93,94)/t77?,78?,79-,80-,81-/m1/s1. The highest BCUT2D eigenvalue weighted by Gasteiger charge is 2.30. The first kappa shape index (κ1) is 102. The van der Waals surface area contributed by atoms with Gasteiger partial charge in [0, 0.05) is 25.7 Å². The van der Waals surface area contributed by atoms with Crippen LogP contribution in [0.5, 0.6) is 0 Å². The average Bonchev–Trinajstić information content (AvgIpc) is 0.905. The molecule has 0 aromatic rings. The van der Waals surface area contributed by atoms with Crippen LogP contribution in [0, 0.1) is 23.7 Å². The fraction of sp³-hybridized carbons (Fsp3) is 0.953. The highest BCUT2D eigenvalue weighted by atomic mass is 31.2. The van der Waals surface area contributed by atoms with Crippen LogP contribution < -0.4 is 0 Å². The van der Waals surface area contributed by atoms with Crippen LogP contribution in [0.4, 0.5) is 0 Å². The molecule has 0 aromatic heterocycles. The third-order valence-electron chi connectivity index (χ3n) is 20.5. The van der Waals surface area contributed by atoms with E-state index in [1.807, 2.05) is 0 Å². The zero-order valence-corrected chi connectivity index (χ0v) is 70.5. The van der Waals surface area contributed by atoms with Crippen LogP contribution in [-0.4, -0.2) is 96.7 Å². The quantitative estimate of drug-likeness (QED) is 0.0222. The molecular formula is C85H166O17P2. The molecule has 0 radical (unpaired) electrons. The Morgan fingerprint density at radius 1 is 0.269 bits per heavy atom. The first-order chi connectivity index (χ1) is 50.2. The molecule has 0 heterocycles. The van der Waals surface area contributed by atoms with Crippen LogP contribution in [0.3, 0.4) is 0 Å². The molecular weight excluding hydrogens is 1350 g/mol. The number of aliphatic hydroxyl groups is 1. The van der Waals surface area contributed by atoms with Crippen molar-refractivity contribution in [3.8, 4) is 0 Å². The minimum absolute atomic E-state index is 0.107. The Morgan fingerprint density at radius 3 is 0.683 bits per heavy atom. The summed E-state index contributed by atoms with van der Waals surface area (Å²) in [5.41, 5.74) is 0. The molecule has 0 rings (SSSR count). The molecule has 7 atom stereocenters. The Kier molecular flexibility index (Phi) is 72.5. The van der Waals surface area contributed by atoms with Crippen molar-refractivity contribution >= 4 is 39.5 Å². The van der Waals surface area contributed by atoms with E-state index in [1.54, 1.807) is 0 Å². The van der Waals surface area contributed by atoms with E-state index in [4.69, 9.17) is 37.0 Å². The van der Waals surface area contributed by atoms with Gasteiger partial charge in [0.1, 0.15) is 19.3 Å². The Labute approximate surface area is 638 Å². The zero-order valence-electron chi connectivity index (χ0n) is 68.7. The predicted molar refractivity (Wildman–Crippen MR) is 428 cm³/mol. The van der Waals surface area contributed by atoms with Gasteiger partial charge in [-0.25, -0.2) is 9.13 Å². The fourth-order valence-electron chi connectivity index (χ4n) is 13.1.